The molecule has 0 saturated heterocycles. The number of hydrogen-bond acceptors (Lipinski definition) is 6. The molecule has 3 aromatic carbocycles. The lowest BCUT2D eigenvalue weighted by Gasteiger charge is -2.35. The van der Waals surface area contributed by atoms with Crippen LogP contribution in [0, 0.1) is 0 Å². The second-order valence-electron chi connectivity index (χ2n) is 7.18. The molecule has 4 aromatic rings. The summed E-state index contributed by atoms with van der Waals surface area (Å²) in [5.41, 5.74) is 2.24. The summed E-state index contributed by atoms with van der Waals surface area (Å²) in [5, 5.41) is 8.61. The topological polar surface area (TPSA) is 83.3 Å². The third-order valence-corrected chi connectivity index (χ3v) is 5.62. The molecule has 0 atom stereocenters. The first-order chi connectivity index (χ1) is 15.5. The van der Waals surface area contributed by atoms with E-state index in [-0.39, 0.29) is 19.1 Å². The van der Waals surface area contributed by atoms with Crippen molar-refractivity contribution in [3.63, 3.8) is 0 Å². The number of aromatic nitrogens is 3. The van der Waals surface area contributed by atoms with E-state index in [1.165, 1.54) is 0 Å². The van der Waals surface area contributed by atoms with Gasteiger partial charge in [0, 0.05) is 0 Å². The Morgan fingerprint density at radius 2 is 1.25 bits per heavy atom. The lowest BCUT2D eigenvalue weighted by atomic mass is 9.77. The van der Waals surface area contributed by atoms with E-state index in [0.717, 1.165) is 22.9 Å². The van der Waals surface area contributed by atoms with Crippen LogP contribution in [0.5, 0.6) is 5.88 Å². The van der Waals surface area contributed by atoms with Gasteiger partial charge in [0.1, 0.15) is 18.8 Å². The van der Waals surface area contributed by atoms with Gasteiger partial charge < -0.3 is 4.74 Å². The summed E-state index contributed by atoms with van der Waals surface area (Å²) >= 11 is 0. The average molecular weight is 450 g/mol. The van der Waals surface area contributed by atoms with Crippen LogP contribution in [0.25, 0.3) is 0 Å². The molecule has 0 N–H and O–H groups in total. The number of hydrogen-bond donors (Lipinski definition) is 0. The summed E-state index contributed by atoms with van der Waals surface area (Å²) in [5.74, 6) is 0.272. The zero-order chi connectivity index (χ0) is 22.4. The fraction of sp³-hybridized carbons (Fsp3) is 0.167. The minimum atomic E-state index is -3.53. The molecule has 1 aromatic heterocycles. The Bertz CT molecular complexity index is 1150. The number of rotatable bonds is 9. The highest BCUT2D eigenvalue weighted by atomic mass is 32.2. The molecule has 0 spiro atoms. The maximum absolute atomic E-state index is 11.1. The highest BCUT2D eigenvalue weighted by molar-refractivity contribution is 7.85. The van der Waals surface area contributed by atoms with Crippen molar-refractivity contribution in [2.45, 2.75) is 5.54 Å². The van der Waals surface area contributed by atoms with Gasteiger partial charge in [-0.15, -0.1) is 0 Å². The van der Waals surface area contributed by atoms with Crippen molar-refractivity contribution in [2.24, 2.45) is 0 Å². The number of nitrogens with zero attached hydrogens (tertiary/aromatic N) is 3. The molecule has 1 heterocycles. The average Bonchev–Trinajstić information content (AvgIpc) is 3.28. The van der Waals surface area contributed by atoms with Gasteiger partial charge in [-0.2, -0.15) is 8.42 Å². The van der Waals surface area contributed by atoms with Crippen LogP contribution in [-0.4, -0.2) is 42.9 Å². The first-order valence-electron chi connectivity index (χ1n) is 10.1. The smallest absolute Gasteiger partial charge is 0.264 e. The summed E-state index contributed by atoms with van der Waals surface area (Å²) < 4.78 is 34.4. The van der Waals surface area contributed by atoms with Gasteiger partial charge in [0.15, 0.2) is 0 Å². The number of ether oxygens (including phenoxy) is 1. The Morgan fingerprint density at radius 3 is 1.69 bits per heavy atom. The zero-order valence-electron chi connectivity index (χ0n) is 17.5. The molecule has 0 amide bonds. The van der Waals surface area contributed by atoms with Crippen LogP contribution >= 0.6 is 0 Å². The van der Waals surface area contributed by atoms with Crippen molar-refractivity contribution in [1.82, 2.24) is 15.0 Å². The third-order valence-electron chi connectivity index (χ3n) is 5.02. The highest BCUT2D eigenvalue weighted by Gasteiger charge is 2.39. The predicted octanol–water partition coefficient (Wildman–Crippen LogP) is 3.47. The van der Waals surface area contributed by atoms with Crippen LogP contribution in [-0.2, 0) is 19.8 Å². The van der Waals surface area contributed by atoms with E-state index in [9.17, 15) is 8.42 Å². The second-order valence-corrected chi connectivity index (χ2v) is 8.83. The molecule has 0 fully saturated rings. The Balaban J connectivity index is 1.80. The largest absolute Gasteiger partial charge is 0.473 e. The number of benzene rings is 3. The van der Waals surface area contributed by atoms with Crippen LogP contribution in [0.4, 0.5) is 0 Å². The molecule has 7 nitrogen and oxygen atoms in total. The van der Waals surface area contributed by atoms with Crippen molar-refractivity contribution in [3.8, 4) is 5.88 Å². The Kier molecular flexibility index (Phi) is 6.34. The van der Waals surface area contributed by atoms with E-state index in [2.05, 4.69) is 46.7 Å². The molecule has 0 aliphatic carbocycles. The van der Waals surface area contributed by atoms with Gasteiger partial charge in [-0.1, -0.05) is 101 Å². The lowest BCUT2D eigenvalue weighted by Crippen LogP contribution is -2.38. The molecular weight excluding hydrogens is 426 g/mol. The summed E-state index contributed by atoms with van der Waals surface area (Å²) in [4.78, 5) is 0. The van der Waals surface area contributed by atoms with Crippen molar-refractivity contribution < 1.29 is 17.3 Å². The van der Waals surface area contributed by atoms with Crippen LogP contribution in [0.2, 0.25) is 0 Å². The van der Waals surface area contributed by atoms with Gasteiger partial charge in [0.25, 0.3) is 16.0 Å². The SMILES string of the molecule is CS(=O)(=O)OCCOc1cn(C(c2ccccc2)(c2ccccc2)c2ccccc2)nn1. The Hall–Kier alpha value is -3.49. The predicted molar refractivity (Wildman–Crippen MR) is 121 cm³/mol. The zero-order valence-corrected chi connectivity index (χ0v) is 18.4. The highest BCUT2D eigenvalue weighted by Crippen LogP contribution is 2.40. The van der Waals surface area contributed by atoms with Crippen LogP contribution in [0.15, 0.2) is 97.2 Å². The maximum atomic E-state index is 11.1. The van der Waals surface area contributed by atoms with Gasteiger partial charge in [-0.05, 0) is 16.7 Å². The molecular formula is C24H23N3O4S. The molecule has 32 heavy (non-hydrogen) atoms. The molecule has 4 rings (SSSR count). The van der Waals surface area contributed by atoms with Crippen molar-refractivity contribution in [1.29, 1.82) is 0 Å². The van der Waals surface area contributed by atoms with Gasteiger partial charge in [-0.25, -0.2) is 4.68 Å². The van der Waals surface area contributed by atoms with Crippen LogP contribution in [0.1, 0.15) is 16.7 Å². The molecule has 0 aliphatic heterocycles. The van der Waals surface area contributed by atoms with Crippen LogP contribution < -0.4 is 4.74 Å². The first-order valence-corrected chi connectivity index (χ1v) is 11.9. The summed E-state index contributed by atoms with van der Waals surface area (Å²) in [6.07, 6.45) is 2.71. The molecule has 8 heteroatoms. The van der Waals surface area contributed by atoms with Crippen molar-refractivity contribution >= 4 is 10.1 Å². The van der Waals surface area contributed by atoms with Crippen molar-refractivity contribution in [3.05, 3.63) is 114 Å². The Morgan fingerprint density at radius 1 is 0.781 bits per heavy atom. The van der Waals surface area contributed by atoms with E-state index in [1.807, 2.05) is 54.6 Å². The standard InChI is InChI=1S/C24H23N3O4S/c1-32(28,29)31-18-17-30-23-19-27(26-25-23)24(20-11-5-2-6-12-20,21-13-7-3-8-14-21)22-15-9-4-10-16-22/h2-16,19H,17-18H2,1H3. The van der Waals surface area contributed by atoms with E-state index in [0.29, 0.717) is 0 Å². The third kappa shape index (κ3) is 4.56. The minimum Gasteiger partial charge on any atom is -0.473 e. The molecule has 0 unspecified atom stereocenters. The molecule has 0 bridgehead atoms. The normalized spacial score (nSPS) is 11.9. The van der Waals surface area contributed by atoms with Crippen molar-refractivity contribution in [2.75, 3.05) is 19.5 Å². The van der Waals surface area contributed by atoms with Crippen LogP contribution in [0.3, 0.4) is 0 Å². The molecule has 164 valence electrons. The molecule has 0 saturated carbocycles. The van der Waals surface area contributed by atoms with Gasteiger partial charge in [0.05, 0.1) is 12.5 Å². The Labute approximate surface area is 187 Å². The van der Waals surface area contributed by atoms with Gasteiger partial charge in [-0.3, -0.25) is 4.18 Å². The van der Waals surface area contributed by atoms with E-state index in [1.54, 1.807) is 10.9 Å². The molecule has 0 radical (unpaired) electrons. The summed E-state index contributed by atoms with van der Waals surface area (Å²) in [6, 6.07) is 30.2. The van der Waals surface area contributed by atoms with E-state index in [4.69, 9.17) is 8.92 Å². The van der Waals surface area contributed by atoms with E-state index >= 15 is 0 Å². The fourth-order valence-electron chi connectivity index (χ4n) is 3.75. The monoisotopic (exact) mass is 449 g/mol. The molecule has 0 aliphatic rings. The van der Waals surface area contributed by atoms with Gasteiger partial charge >= 0.3 is 0 Å². The summed E-state index contributed by atoms with van der Waals surface area (Å²) in [6.45, 7) is -0.0757. The summed E-state index contributed by atoms with van der Waals surface area (Å²) in [7, 11) is -3.53. The van der Waals surface area contributed by atoms with Gasteiger partial charge in [0.2, 0.25) is 0 Å². The minimum absolute atomic E-state index is 0.0285. The quantitative estimate of drug-likeness (QED) is 0.221. The van der Waals surface area contributed by atoms with E-state index < -0.39 is 15.7 Å². The maximum Gasteiger partial charge on any atom is 0.264 e. The second kappa shape index (κ2) is 9.33. The lowest BCUT2D eigenvalue weighted by molar-refractivity contribution is 0.217. The first kappa shape index (κ1) is 21.7. The fourth-order valence-corrected chi connectivity index (χ4v) is 4.12.